The van der Waals surface area contributed by atoms with Gasteiger partial charge in [-0.1, -0.05) is 49.9 Å². The molecule has 3 aromatic carbocycles. The van der Waals surface area contributed by atoms with E-state index in [1.54, 1.807) is 24.3 Å². The van der Waals surface area contributed by atoms with Gasteiger partial charge in [0.05, 0.1) is 10.5 Å². The van der Waals surface area contributed by atoms with E-state index in [-0.39, 0.29) is 42.4 Å². The molecule has 1 aliphatic rings. The summed E-state index contributed by atoms with van der Waals surface area (Å²) in [7, 11) is -4.35. The van der Waals surface area contributed by atoms with Gasteiger partial charge in [0.2, 0.25) is 6.29 Å². The van der Waals surface area contributed by atoms with Crippen LogP contribution in [0.25, 0.3) is 0 Å². The second-order valence-electron chi connectivity index (χ2n) is 8.09. The fourth-order valence-corrected chi connectivity index (χ4v) is 6.04. The van der Waals surface area contributed by atoms with Crippen LogP contribution in [0.15, 0.2) is 88.7 Å². The number of nitro benzene ring substituents is 1. The van der Waals surface area contributed by atoms with Gasteiger partial charge in [0, 0.05) is 35.2 Å². The Bertz CT molecular complexity index is 1410. The summed E-state index contributed by atoms with van der Waals surface area (Å²) in [4.78, 5) is 35.8. The van der Waals surface area contributed by atoms with Crippen LogP contribution < -0.4 is 5.32 Å². The maximum atomic E-state index is 13.0. The number of benzene rings is 3. The number of fused-ring (bicyclic) bond motifs is 1. The molecule has 39 heavy (non-hydrogen) atoms. The zero-order valence-corrected chi connectivity index (χ0v) is 21.4. The lowest BCUT2D eigenvalue weighted by molar-refractivity contribution is -0.384. The Balaban J connectivity index is 0.00000420. The molecule has 0 aliphatic carbocycles. The van der Waals surface area contributed by atoms with Crippen LogP contribution in [-0.2, 0) is 30.4 Å². The number of carbonyl (C=O) groups excluding carboxylic acids is 2. The molecule has 3 aromatic rings. The van der Waals surface area contributed by atoms with Crippen molar-refractivity contribution in [2.45, 2.75) is 42.6 Å². The van der Waals surface area contributed by atoms with Crippen molar-refractivity contribution in [1.82, 2.24) is 5.32 Å². The number of nitro groups is 1. The van der Waals surface area contributed by atoms with Gasteiger partial charge in [-0.2, -0.15) is 8.42 Å². The number of nitrogens with one attached hydrogen (secondary N) is 1. The van der Waals surface area contributed by atoms with E-state index in [0.29, 0.717) is 4.90 Å². The first-order valence-corrected chi connectivity index (χ1v) is 13.7. The van der Waals surface area contributed by atoms with E-state index >= 15 is 0 Å². The second-order valence-corrected chi connectivity index (χ2v) is 10.7. The standard InChI is InChI=1S/C25H22N2O9S2.CH4/c28-24(18-10-12-20(13-11-18)27(30)31)35-23-14-19(26-25(29)34-15-17-6-2-1-3-7-17)16-37-21-8-4-5-9-22(21)38(32,33)36-23;/h1-13,19,23H,14-16H2,(H,26,29);1H4/t19-,23?;/m1./s1. The summed E-state index contributed by atoms with van der Waals surface area (Å²) in [6, 6.07) is 19.1. The van der Waals surface area contributed by atoms with Crippen molar-refractivity contribution in [1.29, 1.82) is 0 Å². The highest BCUT2D eigenvalue weighted by Crippen LogP contribution is 2.32. The Morgan fingerprint density at radius 1 is 1.03 bits per heavy atom. The molecule has 206 valence electrons. The van der Waals surface area contributed by atoms with Crippen LogP contribution in [0.4, 0.5) is 10.5 Å². The monoisotopic (exact) mass is 574 g/mol. The van der Waals surface area contributed by atoms with Crippen LogP contribution >= 0.6 is 11.8 Å². The van der Waals surface area contributed by atoms with Gasteiger partial charge < -0.3 is 14.8 Å². The maximum absolute atomic E-state index is 13.0. The third-order valence-corrected chi connectivity index (χ3v) is 8.08. The van der Waals surface area contributed by atoms with E-state index in [4.69, 9.17) is 13.7 Å². The van der Waals surface area contributed by atoms with Gasteiger partial charge in [-0.15, -0.1) is 11.8 Å². The SMILES string of the molecule is C.O=C(N[C@H]1CSc2ccccc2S(=O)(=O)OC(OC(=O)c2ccc([N+](=O)[O-])cc2)C1)OCc1ccccc1. The normalized spacial score (nSPS) is 18.1. The maximum Gasteiger partial charge on any atom is 0.407 e. The zero-order valence-electron chi connectivity index (χ0n) is 19.7. The summed E-state index contributed by atoms with van der Waals surface area (Å²) in [6.07, 6.45) is -2.55. The molecule has 0 bridgehead atoms. The fraction of sp³-hybridized carbons (Fsp3) is 0.231. The molecule has 0 aromatic heterocycles. The number of ether oxygens (including phenoxy) is 2. The van der Waals surface area contributed by atoms with Crippen LogP contribution in [0.1, 0.15) is 29.8 Å². The number of esters is 1. The van der Waals surface area contributed by atoms with Gasteiger partial charge in [-0.3, -0.25) is 10.1 Å². The molecule has 0 spiro atoms. The molecule has 1 amide bonds. The lowest BCUT2D eigenvalue weighted by Gasteiger charge is -2.22. The summed E-state index contributed by atoms with van der Waals surface area (Å²) < 4.78 is 42.0. The zero-order chi connectivity index (χ0) is 27.1. The molecule has 1 heterocycles. The molecule has 2 atom stereocenters. The summed E-state index contributed by atoms with van der Waals surface area (Å²) in [6.45, 7) is 0.0266. The Hall–Kier alpha value is -3.94. The first-order chi connectivity index (χ1) is 18.2. The van der Waals surface area contributed by atoms with E-state index in [1.807, 2.05) is 18.2 Å². The Kier molecular flexibility index (Phi) is 10.0. The van der Waals surface area contributed by atoms with Crippen molar-refractivity contribution in [3.63, 3.8) is 0 Å². The van der Waals surface area contributed by atoms with Crippen molar-refractivity contribution in [2.75, 3.05) is 5.75 Å². The third kappa shape index (κ3) is 8.02. The summed E-state index contributed by atoms with van der Waals surface area (Å²) >= 11 is 1.19. The van der Waals surface area contributed by atoms with Gasteiger partial charge in [0.25, 0.3) is 5.69 Å². The minimum absolute atomic E-state index is 0. The smallest absolute Gasteiger partial charge is 0.407 e. The number of amides is 1. The van der Waals surface area contributed by atoms with Gasteiger partial charge in [-0.05, 0) is 29.8 Å². The Morgan fingerprint density at radius 2 is 1.69 bits per heavy atom. The predicted molar refractivity (Wildman–Crippen MR) is 143 cm³/mol. The molecule has 4 rings (SSSR count). The average Bonchev–Trinajstić information content (AvgIpc) is 2.95. The second kappa shape index (κ2) is 13.2. The van der Waals surface area contributed by atoms with Crippen molar-refractivity contribution < 1.29 is 36.6 Å². The minimum Gasteiger partial charge on any atom is -0.445 e. The highest BCUT2D eigenvalue weighted by Gasteiger charge is 2.32. The first kappa shape index (κ1) is 29.6. The number of carbonyl (C=O) groups is 2. The van der Waals surface area contributed by atoms with Crippen molar-refractivity contribution in [2.24, 2.45) is 0 Å². The average molecular weight is 575 g/mol. The minimum atomic E-state index is -4.35. The van der Waals surface area contributed by atoms with Crippen LogP contribution in [0.2, 0.25) is 0 Å². The van der Waals surface area contributed by atoms with Crippen molar-refractivity contribution in [3.05, 3.63) is 100 Å². The number of thioether (sulfide) groups is 1. The van der Waals surface area contributed by atoms with Crippen LogP contribution in [0.5, 0.6) is 0 Å². The molecule has 0 saturated heterocycles. The van der Waals surface area contributed by atoms with E-state index < -0.39 is 39.4 Å². The molecule has 13 heteroatoms. The van der Waals surface area contributed by atoms with Crippen LogP contribution in [-0.4, -0.2) is 43.5 Å². The number of hydrogen-bond donors (Lipinski definition) is 1. The number of hydrogen-bond acceptors (Lipinski definition) is 10. The topological polar surface area (TPSA) is 151 Å². The number of nitrogens with zero attached hydrogens (tertiary/aromatic N) is 1. The molecule has 0 radical (unpaired) electrons. The van der Waals surface area contributed by atoms with Crippen LogP contribution in [0, 0.1) is 10.1 Å². The summed E-state index contributed by atoms with van der Waals surface area (Å²) in [5.74, 6) is -0.729. The molecule has 1 unspecified atom stereocenters. The lowest BCUT2D eigenvalue weighted by Crippen LogP contribution is -2.41. The van der Waals surface area contributed by atoms with E-state index in [9.17, 15) is 28.1 Å². The van der Waals surface area contributed by atoms with Gasteiger partial charge >= 0.3 is 22.2 Å². The van der Waals surface area contributed by atoms with Gasteiger partial charge in [0.1, 0.15) is 11.5 Å². The third-order valence-electron chi connectivity index (χ3n) is 5.36. The molecular weight excluding hydrogens is 548 g/mol. The van der Waals surface area contributed by atoms with E-state index in [2.05, 4.69) is 5.32 Å². The highest BCUT2D eigenvalue weighted by molar-refractivity contribution is 8.00. The Labute approximate surface area is 229 Å². The Morgan fingerprint density at radius 3 is 2.38 bits per heavy atom. The molecular formula is C26H26N2O9S2. The number of alkyl carbamates (subject to hydrolysis) is 1. The highest BCUT2D eigenvalue weighted by atomic mass is 32.2. The summed E-state index contributed by atoms with van der Waals surface area (Å²) in [5.41, 5.74) is 0.512. The fourth-order valence-electron chi connectivity index (χ4n) is 3.51. The number of rotatable bonds is 6. The molecule has 0 saturated carbocycles. The molecule has 11 nitrogen and oxygen atoms in total. The predicted octanol–water partition coefficient (Wildman–Crippen LogP) is 4.91. The lowest BCUT2D eigenvalue weighted by atomic mass is 10.2. The molecule has 0 fully saturated rings. The molecule has 1 N–H and O–H groups in total. The van der Waals surface area contributed by atoms with E-state index in [1.165, 1.54) is 36.0 Å². The van der Waals surface area contributed by atoms with Crippen LogP contribution in [0.3, 0.4) is 0 Å². The van der Waals surface area contributed by atoms with E-state index in [0.717, 1.165) is 17.7 Å². The number of non-ortho nitro benzene ring substituents is 1. The first-order valence-electron chi connectivity index (χ1n) is 11.3. The van der Waals surface area contributed by atoms with Crippen molar-refractivity contribution in [3.8, 4) is 0 Å². The summed E-state index contributed by atoms with van der Waals surface area (Å²) in [5, 5.41) is 13.6. The quantitative estimate of drug-likeness (QED) is 0.186. The van der Waals surface area contributed by atoms with Gasteiger partial charge in [0.15, 0.2) is 0 Å². The molecule has 1 aliphatic heterocycles. The largest absolute Gasteiger partial charge is 0.445 e. The van der Waals surface area contributed by atoms with Gasteiger partial charge in [-0.25, -0.2) is 13.8 Å². The van der Waals surface area contributed by atoms with Crippen molar-refractivity contribution >= 4 is 39.6 Å².